The molecule has 12 nitrogen and oxygen atoms in total. The molecule has 2 rings (SSSR count). The van der Waals surface area contributed by atoms with E-state index in [0.29, 0.717) is 18.5 Å². The molecule has 1 aliphatic rings. The molecule has 10 atom stereocenters. The maximum atomic E-state index is 14.1. The van der Waals surface area contributed by atoms with Gasteiger partial charge in [-0.3, -0.25) is 19.2 Å². The van der Waals surface area contributed by atoms with Gasteiger partial charge in [0.25, 0.3) is 0 Å². The summed E-state index contributed by atoms with van der Waals surface area (Å²) in [4.78, 5) is 58.3. The molecule has 1 aliphatic heterocycles. The fourth-order valence-electron chi connectivity index (χ4n) is 7.42. The Labute approximate surface area is 306 Å². The zero-order valence-electron chi connectivity index (χ0n) is 33.1. The molecule has 12 heteroatoms. The fourth-order valence-corrected chi connectivity index (χ4v) is 7.42. The van der Waals surface area contributed by atoms with Crippen molar-refractivity contribution < 1.29 is 33.8 Å². The van der Waals surface area contributed by atoms with Crippen molar-refractivity contribution in [1.29, 1.82) is 0 Å². The van der Waals surface area contributed by atoms with Crippen molar-refractivity contribution in [2.45, 2.75) is 130 Å². The average molecular weight is 718 g/mol. The zero-order valence-corrected chi connectivity index (χ0v) is 33.1. The standard InChI is InChI=1S/C39H67N5O7/c1-13-25(6)34(43(10)39(49)33(24(4)5)42-38(48)32(40-9)23(2)3)30(50-11)22-31(45)44-21-17-20-29(44)36(51-12)26(7)37(47)41-27(8)35(46)28-18-15-14-16-19-28/h14-16,18-19,23-27,29-30,32-36,40,46H,13,17,20-22H2,1-12H3,(H,41,47)(H,42,48)/t25?,26?,27-,29+,30?,32+,33+,34+,35?,36?/m1/s1. The first-order chi connectivity index (χ1) is 24.0. The third-order valence-corrected chi connectivity index (χ3v) is 10.7. The highest BCUT2D eigenvalue weighted by molar-refractivity contribution is 5.90. The van der Waals surface area contributed by atoms with E-state index in [0.717, 1.165) is 12.8 Å². The van der Waals surface area contributed by atoms with Crippen molar-refractivity contribution in [3.63, 3.8) is 0 Å². The lowest BCUT2D eigenvalue weighted by molar-refractivity contribution is -0.148. The fraction of sp³-hybridized carbons (Fsp3) is 0.744. The number of likely N-dealkylation sites (N-methyl/N-ethyl adjacent to an activating group) is 2. The van der Waals surface area contributed by atoms with Crippen LogP contribution in [0.4, 0.5) is 0 Å². The molecule has 0 aliphatic carbocycles. The van der Waals surface area contributed by atoms with Gasteiger partial charge in [-0.05, 0) is 50.1 Å². The van der Waals surface area contributed by atoms with E-state index in [4.69, 9.17) is 9.47 Å². The number of nitrogens with one attached hydrogen (secondary N) is 3. The summed E-state index contributed by atoms with van der Waals surface area (Å²) >= 11 is 0. The maximum Gasteiger partial charge on any atom is 0.245 e. The topological polar surface area (TPSA) is 150 Å². The highest BCUT2D eigenvalue weighted by Gasteiger charge is 2.43. The van der Waals surface area contributed by atoms with Crippen molar-refractivity contribution in [2.24, 2.45) is 23.7 Å². The van der Waals surface area contributed by atoms with Gasteiger partial charge in [-0.2, -0.15) is 0 Å². The number of carbonyl (C=O) groups excluding carboxylic acids is 4. The normalized spacial score (nSPS) is 20.1. The monoisotopic (exact) mass is 718 g/mol. The lowest BCUT2D eigenvalue weighted by atomic mass is 9.89. The molecule has 4 N–H and O–H groups in total. The summed E-state index contributed by atoms with van der Waals surface area (Å²) in [6.07, 6.45) is 0.147. The minimum atomic E-state index is -0.875. The van der Waals surface area contributed by atoms with Gasteiger partial charge < -0.3 is 40.3 Å². The number of benzene rings is 1. The van der Waals surface area contributed by atoms with Gasteiger partial charge in [0.1, 0.15) is 6.04 Å². The van der Waals surface area contributed by atoms with E-state index in [2.05, 4.69) is 16.0 Å². The van der Waals surface area contributed by atoms with Crippen LogP contribution in [0.15, 0.2) is 30.3 Å². The summed E-state index contributed by atoms with van der Waals surface area (Å²) in [5, 5.41) is 19.8. The molecule has 1 fully saturated rings. The lowest BCUT2D eigenvalue weighted by Gasteiger charge is -2.41. The quantitative estimate of drug-likeness (QED) is 0.160. The second kappa shape index (κ2) is 20.8. The Morgan fingerprint density at radius 3 is 2.04 bits per heavy atom. The van der Waals surface area contributed by atoms with Crippen LogP contribution in [0.5, 0.6) is 0 Å². The molecule has 5 unspecified atom stereocenters. The number of aliphatic hydroxyl groups is 1. The van der Waals surface area contributed by atoms with Crippen molar-refractivity contribution in [3.8, 4) is 0 Å². The van der Waals surface area contributed by atoms with Gasteiger partial charge in [0.15, 0.2) is 0 Å². The van der Waals surface area contributed by atoms with Gasteiger partial charge in [0.2, 0.25) is 23.6 Å². The smallest absolute Gasteiger partial charge is 0.245 e. The Kier molecular flexibility index (Phi) is 18.0. The number of nitrogens with zero attached hydrogens (tertiary/aromatic N) is 2. The summed E-state index contributed by atoms with van der Waals surface area (Å²) < 4.78 is 11.9. The predicted molar refractivity (Wildman–Crippen MR) is 200 cm³/mol. The van der Waals surface area contributed by atoms with Crippen molar-refractivity contribution in [2.75, 3.05) is 34.9 Å². The van der Waals surface area contributed by atoms with Crippen LogP contribution in [0.2, 0.25) is 0 Å². The largest absolute Gasteiger partial charge is 0.386 e. The molecule has 290 valence electrons. The molecule has 0 bridgehead atoms. The van der Waals surface area contributed by atoms with Gasteiger partial charge in [0.05, 0.1) is 54.8 Å². The Bertz CT molecular complexity index is 1250. The molecule has 51 heavy (non-hydrogen) atoms. The molecule has 1 heterocycles. The Hall–Kier alpha value is -3.06. The first-order valence-electron chi connectivity index (χ1n) is 18.7. The minimum Gasteiger partial charge on any atom is -0.386 e. The highest BCUT2D eigenvalue weighted by atomic mass is 16.5. The van der Waals surface area contributed by atoms with Crippen LogP contribution in [0, 0.1) is 23.7 Å². The Morgan fingerprint density at radius 1 is 0.922 bits per heavy atom. The Balaban J connectivity index is 2.24. The van der Waals surface area contributed by atoms with Crippen LogP contribution in [0.3, 0.4) is 0 Å². The zero-order chi connectivity index (χ0) is 38.6. The van der Waals surface area contributed by atoms with Gasteiger partial charge >= 0.3 is 0 Å². The predicted octanol–water partition coefficient (Wildman–Crippen LogP) is 3.53. The summed E-state index contributed by atoms with van der Waals surface area (Å²) in [6.45, 7) is 15.9. The van der Waals surface area contributed by atoms with E-state index < -0.39 is 48.4 Å². The van der Waals surface area contributed by atoms with Crippen LogP contribution in [-0.4, -0.2) is 116 Å². The maximum absolute atomic E-state index is 14.1. The summed E-state index contributed by atoms with van der Waals surface area (Å²) in [5.74, 6) is -1.62. The van der Waals surface area contributed by atoms with Crippen LogP contribution >= 0.6 is 0 Å². The summed E-state index contributed by atoms with van der Waals surface area (Å²) in [6, 6.07) is 6.67. The number of ether oxygens (including phenoxy) is 2. The van der Waals surface area contributed by atoms with E-state index in [1.54, 1.807) is 52.0 Å². The van der Waals surface area contributed by atoms with Crippen LogP contribution in [0.1, 0.15) is 92.7 Å². The molecule has 0 spiro atoms. The van der Waals surface area contributed by atoms with E-state index in [1.165, 1.54) is 0 Å². The second-order valence-corrected chi connectivity index (χ2v) is 15.0. The highest BCUT2D eigenvalue weighted by Crippen LogP contribution is 2.30. The van der Waals surface area contributed by atoms with Crippen LogP contribution < -0.4 is 16.0 Å². The number of carbonyl (C=O) groups is 4. The molecule has 4 amide bonds. The number of methoxy groups -OCH3 is 2. The first kappa shape index (κ1) is 44.1. The van der Waals surface area contributed by atoms with Crippen molar-refractivity contribution in [3.05, 3.63) is 35.9 Å². The number of amides is 4. The van der Waals surface area contributed by atoms with Crippen LogP contribution in [-0.2, 0) is 28.7 Å². The molecular formula is C39H67N5O7. The van der Waals surface area contributed by atoms with Gasteiger partial charge in [0, 0.05) is 27.8 Å². The Morgan fingerprint density at radius 2 is 1.53 bits per heavy atom. The molecule has 0 aromatic heterocycles. The third kappa shape index (κ3) is 11.5. The number of likely N-dealkylation sites (tertiary alicyclic amines) is 1. The van der Waals surface area contributed by atoms with Crippen molar-refractivity contribution >= 4 is 23.6 Å². The average Bonchev–Trinajstić information content (AvgIpc) is 3.59. The minimum absolute atomic E-state index is 0.0148. The molecule has 1 aromatic rings. The number of hydrogen-bond acceptors (Lipinski definition) is 8. The van der Waals surface area contributed by atoms with E-state index in [1.807, 2.05) is 71.9 Å². The van der Waals surface area contributed by atoms with E-state index in [9.17, 15) is 24.3 Å². The van der Waals surface area contributed by atoms with E-state index in [-0.39, 0.29) is 53.8 Å². The molecule has 1 saturated heterocycles. The number of rotatable bonds is 20. The van der Waals surface area contributed by atoms with Gasteiger partial charge in [-0.25, -0.2) is 0 Å². The van der Waals surface area contributed by atoms with Gasteiger partial charge in [-0.15, -0.1) is 0 Å². The SMILES string of the molecule is CCC(C)[C@@H](C(CC(=O)N1CCC[C@H]1C(OC)C(C)C(=O)N[C@H](C)C(O)c1ccccc1)OC)N(C)C(=O)[C@@H](NC(=O)[C@@H](NC)C(C)C)C(C)C. The molecule has 1 aromatic carbocycles. The van der Waals surface area contributed by atoms with Crippen molar-refractivity contribution in [1.82, 2.24) is 25.8 Å². The summed E-state index contributed by atoms with van der Waals surface area (Å²) in [7, 11) is 6.57. The number of aliphatic hydroxyl groups excluding tert-OH is 1. The second-order valence-electron chi connectivity index (χ2n) is 15.0. The molecule has 0 radical (unpaired) electrons. The molecular weight excluding hydrogens is 650 g/mol. The number of hydrogen-bond donors (Lipinski definition) is 4. The first-order valence-corrected chi connectivity index (χ1v) is 18.7. The lowest BCUT2D eigenvalue weighted by Crippen LogP contribution is -2.59. The van der Waals surface area contributed by atoms with Crippen LogP contribution in [0.25, 0.3) is 0 Å². The van der Waals surface area contributed by atoms with E-state index >= 15 is 0 Å². The van der Waals surface area contributed by atoms with Gasteiger partial charge in [-0.1, -0.05) is 85.2 Å². The summed E-state index contributed by atoms with van der Waals surface area (Å²) in [5.41, 5.74) is 0.711. The third-order valence-electron chi connectivity index (χ3n) is 10.7. The molecule has 0 saturated carbocycles.